The summed E-state index contributed by atoms with van der Waals surface area (Å²) in [6, 6.07) is 0.250. The molecule has 1 amide bonds. The molecule has 0 rings (SSSR count). The average Bonchev–Trinajstić information content (AvgIpc) is 2.27. The van der Waals surface area contributed by atoms with Gasteiger partial charge in [0.25, 0.3) is 0 Å². The van der Waals surface area contributed by atoms with Gasteiger partial charge in [-0.3, -0.25) is 4.79 Å². The van der Waals surface area contributed by atoms with E-state index in [1.54, 1.807) is 0 Å². The van der Waals surface area contributed by atoms with Crippen LogP contribution in [0.15, 0.2) is 0 Å². The fraction of sp³-hybridized carbons (Fsp3) is 0.933. The average molecular weight is 256 g/mol. The van der Waals surface area contributed by atoms with Crippen LogP contribution in [0.2, 0.25) is 0 Å². The van der Waals surface area contributed by atoms with Crippen molar-refractivity contribution < 1.29 is 4.79 Å². The molecule has 0 heterocycles. The van der Waals surface area contributed by atoms with Crippen molar-refractivity contribution >= 4 is 5.91 Å². The summed E-state index contributed by atoms with van der Waals surface area (Å²) in [5, 5.41) is 6.46. The molecule has 0 aromatic heterocycles. The fourth-order valence-electron chi connectivity index (χ4n) is 1.87. The third-order valence-electron chi connectivity index (χ3n) is 3.73. The predicted octanol–water partition coefficient (Wildman–Crippen LogP) is 3.09. The summed E-state index contributed by atoms with van der Waals surface area (Å²) in [7, 11) is 0. The highest BCUT2D eigenvalue weighted by Crippen LogP contribution is 2.11. The molecule has 0 bridgehead atoms. The molecule has 3 heteroatoms. The van der Waals surface area contributed by atoms with Gasteiger partial charge in [-0.2, -0.15) is 0 Å². The Morgan fingerprint density at radius 3 is 2.17 bits per heavy atom. The third kappa shape index (κ3) is 7.00. The molecule has 0 aromatic carbocycles. The highest BCUT2D eigenvalue weighted by atomic mass is 16.2. The molecule has 18 heavy (non-hydrogen) atoms. The second-order valence-corrected chi connectivity index (χ2v) is 6.27. The van der Waals surface area contributed by atoms with Crippen molar-refractivity contribution in [1.29, 1.82) is 0 Å². The Balaban J connectivity index is 4.15. The van der Waals surface area contributed by atoms with Crippen LogP contribution in [0.4, 0.5) is 0 Å². The largest absolute Gasteiger partial charge is 0.350 e. The van der Waals surface area contributed by atoms with Gasteiger partial charge < -0.3 is 10.6 Å². The Hall–Kier alpha value is -0.570. The van der Waals surface area contributed by atoms with E-state index in [1.807, 2.05) is 6.92 Å². The van der Waals surface area contributed by atoms with E-state index in [-0.39, 0.29) is 17.5 Å². The van der Waals surface area contributed by atoms with E-state index in [0.717, 1.165) is 12.8 Å². The molecular weight excluding hydrogens is 224 g/mol. The van der Waals surface area contributed by atoms with Crippen LogP contribution >= 0.6 is 0 Å². The van der Waals surface area contributed by atoms with Gasteiger partial charge in [-0.05, 0) is 46.5 Å². The molecule has 0 aliphatic carbocycles. The van der Waals surface area contributed by atoms with Crippen molar-refractivity contribution in [3.63, 3.8) is 0 Å². The standard InChI is InChI=1S/C15H32N2O/c1-8-11(3)10-12(4)16-13(5)14(18)17-15(6,7)9-2/h11-13,16H,8-10H2,1-7H3,(H,17,18). The number of nitrogens with one attached hydrogen (secondary N) is 2. The van der Waals surface area contributed by atoms with Crippen LogP contribution in [-0.4, -0.2) is 23.5 Å². The number of rotatable bonds is 8. The molecule has 3 atom stereocenters. The fourth-order valence-corrected chi connectivity index (χ4v) is 1.87. The number of hydrogen-bond donors (Lipinski definition) is 2. The molecule has 0 fully saturated rings. The Morgan fingerprint density at radius 2 is 1.72 bits per heavy atom. The third-order valence-corrected chi connectivity index (χ3v) is 3.73. The van der Waals surface area contributed by atoms with Gasteiger partial charge in [0.1, 0.15) is 0 Å². The lowest BCUT2D eigenvalue weighted by Gasteiger charge is -2.28. The van der Waals surface area contributed by atoms with Crippen molar-refractivity contribution in [2.24, 2.45) is 5.92 Å². The minimum atomic E-state index is -0.130. The minimum Gasteiger partial charge on any atom is -0.350 e. The van der Waals surface area contributed by atoms with E-state index in [2.05, 4.69) is 52.2 Å². The quantitative estimate of drug-likeness (QED) is 0.700. The lowest BCUT2D eigenvalue weighted by Crippen LogP contribution is -2.52. The van der Waals surface area contributed by atoms with E-state index < -0.39 is 0 Å². The number of amides is 1. The van der Waals surface area contributed by atoms with Gasteiger partial charge >= 0.3 is 0 Å². The van der Waals surface area contributed by atoms with E-state index in [9.17, 15) is 4.79 Å². The maximum Gasteiger partial charge on any atom is 0.237 e. The Morgan fingerprint density at radius 1 is 1.17 bits per heavy atom. The molecule has 0 aliphatic heterocycles. The van der Waals surface area contributed by atoms with Crippen LogP contribution in [-0.2, 0) is 4.79 Å². The summed E-state index contributed by atoms with van der Waals surface area (Å²) >= 11 is 0. The van der Waals surface area contributed by atoms with Gasteiger partial charge in [0, 0.05) is 11.6 Å². The van der Waals surface area contributed by atoms with Crippen molar-refractivity contribution in [3.05, 3.63) is 0 Å². The van der Waals surface area contributed by atoms with Gasteiger partial charge in [0.2, 0.25) is 5.91 Å². The molecule has 108 valence electrons. The highest BCUT2D eigenvalue weighted by molar-refractivity contribution is 5.82. The van der Waals surface area contributed by atoms with Crippen LogP contribution in [0.3, 0.4) is 0 Å². The van der Waals surface area contributed by atoms with Gasteiger partial charge in [-0.25, -0.2) is 0 Å². The molecule has 3 unspecified atom stereocenters. The normalized spacial score (nSPS) is 17.1. The van der Waals surface area contributed by atoms with E-state index in [0.29, 0.717) is 12.0 Å². The summed E-state index contributed by atoms with van der Waals surface area (Å²) < 4.78 is 0. The molecule has 0 spiro atoms. The summed E-state index contributed by atoms with van der Waals surface area (Å²) in [5.74, 6) is 0.799. The maximum atomic E-state index is 12.0. The summed E-state index contributed by atoms with van der Waals surface area (Å²) in [6.45, 7) is 14.7. The topological polar surface area (TPSA) is 41.1 Å². The molecule has 0 radical (unpaired) electrons. The Labute approximate surface area is 113 Å². The smallest absolute Gasteiger partial charge is 0.237 e. The number of carbonyl (C=O) groups excluding carboxylic acids is 1. The van der Waals surface area contributed by atoms with E-state index >= 15 is 0 Å². The minimum absolute atomic E-state index is 0.0952. The van der Waals surface area contributed by atoms with Gasteiger partial charge in [-0.1, -0.05) is 27.2 Å². The van der Waals surface area contributed by atoms with E-state index in [1.165, 1.54) is 6.42 Å². The maximum absolute atomic E-state index is 12.0. The number of hydrogen-bond acceptors (Lipinski definition) is 2. The molecule has 3 nitrogen and oxygen atoms in total. The predicted molar refractivity (Wildman–Crippen MR) is 78.6 cm³/mol. The lowest BCUT2D eigenvalue weighted by atomic mass is 9.99. The summed E-state index contributed by atoms with van der Waals surface area (Å²) in [4.78, 5) is 12.0. The van der Waals surface area contributed by atoms with Crippen LogP contribution < -0.4 is 10.6 Å². The zero-order chi connectivity index (χ0) is 14.3. The molecule has 0 saturated carbocycles. The molecule has 0 aromatic rings. The SMILES string of the molecule is CCC(C)CC(C)NC(C)C(=O)NC(C)(C)CC. The first-order valence-electron chi connectivity index (χ1n) is 7.29. The van der Waals surface area contributed by atoms with Crippen molar-refractivity contribution in [1.82, 2.24) is 10.6 Å². The van der Waals surface area contributed by atoms with Crippen molar-refractivity contribution in [2.75, 3.05) is 0 Å². The zero-order valence-corrected chi connectivity index (χ0v) is 13.3. The van der Waals surface area contributed by atoms with Crippen LogP contribution in [0.1, 0.15) is 67.7 Å². The molecule has 0 saturated heterocycles. The van der Waals surface area contributed by atoms with Gasteiger partial charge in [-0.15, -0.1) is 0 Å². The second-order valence-electron chi connectivity index (χ2n) is 6.27. The molecule has 2 N–H and O–H groups in total. The first kappa shape index (κ1) is 17.4. The first-order chi connectivity index (χ1) is 8.21. The van der Waals surface area contributed by atoms with E-state index in [4.69, 9.17) is 0 Å². The Kier molecular flexibility index (Phi) is 7.53. The first-order valence-corrected chi connectivity index (χ1v) is 7.29. The lowest BCUT2D eigenvalue weighted by molar-refractivity contribution is -0.124. The van der Waals surface area contributed by atoms with Crippen LogP contribution in [0.25, 0.3) is 0 Å². The van der Waals surface area contributed by atoms with Crippen molar-refractivity contribution in [2.45, 2.75) is 85.4 Å². The van der Waals surface area contributed by atoms with Crippen LogP contribution in [0.5, 0.6) is 0 Å². The molecule has 0 aliphatic rings. The van der Waals surface area contributed by atoms with Gasteiger partial charge in [0.15, 0.2) is 0 Å². The molecular formula is C15H32N2O. The Bertz CT molecular complexity index is 251. The van der Waals surface area contributed by atoms with Gasteiger partial charge in [0.05, 0.1) is 6.04 Å². The second kappa shape index (κ2) is 7.78. The highest BCUT2D eigenvalue weighted by Gasteiger charge is 2.22. The van der Waals surface area contributed by atoms with Crippen LogP contribution in [0, 0.1) is 5.92 Å². The monoisotopic (exact) mass is 256 g/mol. The summed E-state index contributed by atoms with van der Waals surface area (Å²) in [6.07, 6.45) is 3.24. The zero-order valence-electron chi connectivity index (χ0n) is 13.3. The summed E-state index contributed by atoms with van der Waals surface area (Å²) in [5.41, 5.74) is -0.118. The van der Waals surface area contributed by atoms with Crippen molar-refractivity contribution in [3.8, 4) is 0 Å². The number of carbonyl (C=O) groups is 1.